The molecule has 0 aromatic rings. The zero-order valence-corrected chi connectivity index (χ0v) is 12.4. The summed E-state index contributed by atoms with van der Waals surface area (Å²) in [5.74, 6) is 0. The minimum atomic E-state index is 0.403. The van der Waals surface area contributed by atoms with E-state index >= 15 is 0 Å². The monoisotopic (exact) mass is 240 g/mol. The molecule has 1 aliphatic heterocycles. The molecule has 1 saturated heterocycles. The van der Waals surface area contributed by atoms with Crippen LogP contribution in [0.2, 0.25) is 0 Å². The largest absolute Gasteiger partial charge is 0.315 e. The van der Waals surface area contributed by atoms with Crippen LogP contribution in [0, 0.1) is 0 Å². The summed E-state index contributed by atoms with van der Waals surface area (Å²) in [5.41, 5.74) is 0.403. The van der Waals surface area contributed by atoms with E-state index in [0.29, 0.717) is 11.6 Å². The molecule has 1 unspecified atom stereocenters. The minimum absolute atomic E-state index is 0.403. The van der Waals surface area contributed by atoms with Gasteiger partial charge in [-0.3, -0.25) is 4.90 Å². The van der Waals surface area contributed by atoms with Gasteiger partial charge >= 0.3 is 0 Å². The Morgan fingerprint density at radius 1 is 1.12 bits per heavy atom. The lowest BCUT2D eigenvalue weighted by Gasteiger charge is -2.47. The zero-order valence-electron chi connectivity index (χ0n) is 12.4. The topological polar surface area (TPSA) is 15.3 Å². The summed E-state index contributed by atoms with van der Waals surface area (Å²) in [4.78, 5) is 2.77. The number of hydrogen-bond donors (Lipinski definition) is 1. The smallest absolute Gasteiger partial charge is 0.0357 e. The van der Waals surface area contributed by atoms with Gasteiger partial charge in [-0.05, 0) is 52.2 Å². The third kappa shape index (κ3) is 3.23. The predicted molar refractivity (Wildman–Crippen MR) is 76.5 cm³/mol. The van der Waals surface area contributed by atoms with Crippen LogP contribution in [0.3, 0.4) is 0 Å². The van der Waals surface area contributed by atoms with E-state index in [2.05, 4.69) is 38.0 Å². The van der Waals surface area contributed by atoms with Crippen LogP contribution in [-0.2, 0) is 0 Å². The van der Waals surface area contributed by atoms with Crippen LogP contribution in [0.15, 0.2) is 0 Å². The quantitative estimate of drug-likeness (QED) is 0.699. The van der Waals surface area contributed by atoms with E-state index in [1.807, 2.05) is 0 Å². The van der Waals surface area contributed by atoms with E-state index in [1.165, 1.54) is 58.0 Å². The molecular weight excluding hydrogens is 208 g/mol. The first-order valence-corrected chi connectivity index (χ1v) is 7.67. The van der Waals surface area contributed by atoms with Crippen LogP contribution in [0.4, 0.5) is 0 Å². The highest BCUT2D eigenvalue weighted by atomic mass is 15.2. The minimum Gasteiger partial charge on any atom is -0.315 e. The van der Waals surface area contributed by atoms with Gasteiger partial charge < -0.3 is 5.32 Å². The van der Waals surface area contributed by atoms with Crippen LogP contribution in [0.25, 0.3) is 0 Å². The maximum atomic E-state index is 3.61. The van der Waals surface area contributed by atoms with Crippen molar-refractivity contribution in [3.63, 3.8) is 0 Å². The zero-order chi connectivity index (χ0) is 12.7. The Hall–Kier alpha value is -0.0800. The third-order valence-corrected chi connectivity index (χ3v) is 4.80. The molecule has 1 atom stereocenters. The molecule has 1 heterocycles. The summed E-state index contributed by atoms with van der Waals surface area (Å²) in [6.45, 7) is 9.66. The molecule has 102 valence electrons. The van der Waals surface area contributed by atoms with Gasteiger partial charge in [0.05, 0.1) is 0 Å². The maximum Gasteiger partial charge on any atom is 0.0357 e. The summed E-state index contributed by atoms with van der Waals surface area (Å²) in [6, 6.07) is 0.663. The first-order chi connectivity index (χ1) is 8.25. The van der Waals surface area contributed by atoms with Crippen molar-refractivity contribution in [2.24, 2.45) is 0 Å². The van der Waals surface area contributed by atoms with Gasteiger partial charge in [0.25, 0.3) is 0 Å². The molecular formula is C15H32N2. The lowest BCUT2D eigenvalue weighted by Crippen LogP contribution is -2.59. The molecule has 1 rings (SSSR count). The lowest BCUT2D eigenvalue weighted by molar-refractivity contribution is 0.0608. The number of nitrogens with zero attached hydrogens (tertiary/aromatic N) is 1. The second kappa shape index (κ2) is 7.38. The van der Waals surface area contributed by atoms with Crippen molar-refractivity contribution < 1.29 is 0 Å². The van der Waals surface area contributed by atoms with Gasteiger partial charge in [-0.25, -0.2) is 0 Å². The Morgan fingerprint density at radius 3 is 2.12 bits per heavy atom. The number of hydrogen-bond acceptors (Lipinski definition) is 2. The van der Waals surface area contributed by atoms with Crippen molar-refractivity contribution in [2.45, 2.75) is 77.3 Å². The van der Waals surface area contributed by atoms with E-state index in [9.17, 15) is 0 Å². The Balaban J connectivity index is 2.78. The van der Waals surface area contributed by atoms with E-state index in [1.54, 1.807) is 0 Å². The Morgan fingerprint density at radius 2 is 1.71 bits per heavy atom. The molecule has 0 saturated carbocycles. The SMILES string of the molecule is CCCCC(NC)C(CC)(CC)N1CCCC1. The van der Waals surface area contributed by atoms with Crippen molar-refractivity contribution in [2.75, 3.05) is 20.1 Å². The molecule has 0 aromatic heterocycles. The molecule has 0 aromatic carbocycles. The van der Waals surface area contributed by atoms with Gasteiger partial charge in [-0.1, -0.05) is 33.6 Å². The lowest BCUT2D eigenvalue weighted by atomic mass is 9.80. The standard InChI is InChI=1S/C15H32N2/c1-5-8-11-14(16-4)15(6-2,7-3)17-12-9-10-13-17/h14,16H,5-13H2,1-4H3. The fourth-order valence-corrected chi connectivity index (χ4v) is 3.66. The first-order valence-electron chi connectivity index (χ1n) is 7.67. The highest BCUT2D eigenvalue weighted by Crippen LogP contribution is 2.33. The van der Waals surface area contributed by atoms with Crippen molar-refractivity contribution >= 4 is 0 Å². The predicted octanol–water partition coefficient (Wildman–Crippen LogP) is 3.42. The second-order valence-electron chi connectivity index (χ2n) is 5.49. The number of unbranched alkanes of at least 4 members (excludes halogenated alkanes) is 1. The van der Waals surface area contributed by atoms with E-state index < -0.39 is 0 Å². The van der Waals surface area contributed by atoms with Gasteiger partial charge in [0, 0.05) is 11.6 Å². The highest BCUT2D eigenvalue weighted by molar-refractivity contribution is 4.99. The molecule has 0 bridgehead atoms. The molecule has 1 fully saturated rings. The van der Waals surface area contributed by atoms with Gasteiger partial charge in [0.15, 0.2) is 0 Å². The molecule has 2 nitrogen and oxygen atoms in total. The van der Waals surface area contributed by atoms with Gasteiger partial charge in [-0.2, -0.15) is 0 Å². The van der Waals surface area contributed by atoms with E-state index in [-0.39, 0.29) is 0 Å². The van der Waals surface area contributed by atoms with Gasteiger partial charge in [0.2, 0.25) is 0 Å². The average Bonchev–Trinajstić information content (AvgIpc) is 2.89. The first kappa shape index (κ1) is 15.0. The number of likely N-dealkylation sites (N-methyl/N-ethyl adjacent to an activating group) is 1. The Bertz CT molecular complexity index is 193. The van der Waals surface area contributed by atoms with E-state index in [0.717, 1.165) is 0 Å². The van der Waals surface area contributed by atoms with Crippen molar-refractivity contribution in [1.82, 2.24) is 10.2 Å². The van der Waals surface area contributed by atoms with Crippen LogP contribution >= 0.6 is 0 Å². The number of nitrogens with one attached hydrogen (secondary N) is 1. The summed E-state index contributed by atoms with van der Waals surface area (Å²) in [7, 11) is 2.15. The average molecular weight is 240 g/mol. The molecule has 0 spiro atoms. The van der Waals surface area contributed by atoms with Crippen molar-refractivity contribution in [3.8, 4) is 0 Å². The number of rotatable bonds is 8. The molecule has 0 aliphatic carbocycles. The van der Waals surface area contributed by atoms with Crippen molar-refractivity contribution in [3.05, 3.63) is 0 Å². The summed E-state index contributed by atoms with van der Waals surface area (Å²) < 4.78 is 0. The normalized spacial score (nSPS) is 19.8. The van der Waals surface area contributed by atoms with Crippen molar-refractivity contribution in [1.29, 1.82) is 0 Å². The van der Waals surface area contributed by atoms with Gasteiger partial charge in [-0.15, -0.1) is 0 Å². The maximum absolute atomic E-state index is 3.61. The van der Waals surface area contributed by atoms with Crippen LogP contribution in [-0.4, -0.2) is 36.6 Å². The molecule has 1 N–H and O–H groups in total. The highest BCUT2D eigenvalue weighted by Gasteiger charge is 2.40. The molecule has 17 heavy (non-hydrogen) atoms. The molecule has 2 heteroatoms. The molecule has 1 aliphatic rings. The van der Waals surface area contributed by atoms with Crippen LogP contribution in [0.1, 0.15) is 65.7 Å². The van der Waals surface area contributed by atoms with Crippen LogP contribution in [0.5, 0.6) is 0 Å². The molecule has 0 amide bonds. The van der Waals surface area contributed by atoms with E-state index in [4.69, 9.17) is 0 Å². The summed E-state index contributed by atoms with van der Waals surface area (Å²) >= 11 is 0. The fourth-order valence-electron chi connectivity index (χ4n) is 3.66. The Kier molecular flexibility index (Phi) is 6.50. The van der Waals surface area contributed by atoms with Crippen LogP contribution < -0.4 is 5.32 Å². The second-order valence-corrected chi connectivity index (χ2v) is 5.49. The fraction of sp³-hybridized carbons (Fsp3) is 1.00. The number of likely N-dealkylation sites (tertiary alicyclic amines) is 1. The Labute approximate surface area is 108 Å². The van der Waals surface area contributed by atoms with Gasteiger partial charge in [0.1, 0.15) is 0 Å². The summed E-state index contributed by atoms with van der Waals surface area (Å²) in [5, 5.41) is 3.61. The summed E-state index contributed by atoms with van der Waals surface area (Å²) in [6.07, 6.45) is 9.32. The third-order valence-electron chi connectivity index (χ3n) is 4.80. The molecule has 0 radical (unpaired) electrons.